The van der Waals surface area contributed by atoms with E-state index >= 15 is 0 Å². The highest BCUT2D eigenvalue weighted by Gasteiger charge is 2.74. The molecule has 0 saturated carbocycles. The average molecular weight is 510 g/mol. The summed E-state index contributed by atoms with van der Waals surface area (Å²) in [5, 5.41) is 2.97. The highest BCUT2D eigenvalue weighted by atomic mass is 79.9. The van der Waals surface area contributed by atoms with Gasteiger partial charge in [0.15, 0.2) is 0 Å². The van der Waals surface area contributed by atoms with E-state index in [1.807, 2.05) is 18.2 Å². The number of imide groups is 1. The summed E-state index contributed by atoms with van der Waals surface area (Å²) in [6.45, 7) is 1.97. The van der Waals surface area contributed by atoms with E-state index in [1.54, 1.807) is 24.3 Å². The van der Waals surface area contributed by atoms with E-state index in [2.05, 4.69) is 26.1 Å². The molecule has 0 aromatic heterocycles. The average Bonchev–Trinajstić information content (AvgIpc) is 3.47. The summed E-state index contributed by atoms with van der Waals surface area (Å²) in [6.07, 6.45) is 1.63. The Morgan fingerprint density at radius 3 is 2.61 bits per heavy atom. The summed E-state index contributed by atoms with van der Waals surface area (Å²) < 4.78 is 5.88. The largest absolute Gasteiger partial charge is 0.427 e. The van der Waals surface area contributed by atoms with Gasteiger partial charge in [-0.2, -0.15) is 0 Å². The first-order valence-corrected chi connectivity index (χ1v) is 11.7. The van der Waals surface area contributed by atoms with Crippen molar-refractivity contribution in [2.75, 3.05) is 16.8 Å². The second-order valence-corrected chi connectivity index (χ2v) is 9.83. The van der Waals surface area contributed by atoms with Crippen LogP contribution in [0.25, 0.3) is 0 Å². The molecule has 4 aliphatic heterocycles. The fourth-order valence-electron chi connectivity index (χ4n) is 6.26. The fourth-order valence-corrected chi connectivity index (χ4v) is 6.62. The number of halogens is 1. The van der Waals surface area contributed by atoms with Crippen LogP contribution in [0.15, 0.2) is 46.9 Å². The van der Waals surface area contributed by atoms with Gasteiger partial charge in [0.1, 0.15) is 11.3 Å². The first kappa shape index (κ1) is 20.6. The number of nitrogens with zero attached hydrogens (tertiary/aromatic N) is 2. The third-order valence-corrected chi connectivity index (χ3v) is 7.80. The highest BCUT2D eigenvalue weighted by molar-refractivity contribution is 9.10. The molecule has 0 aliphatic carbocycles. The van der Waals surface area contributed by atoms with Crippen molar-refractivity contribution in [1.82, 2.24) is 4.90 Å². The predicted molar refractivity (Wildman–Crippen MR) is 121 cm³/mol. The monoisotopic (exact) mass is 509 g/mol. The topological polar surface area (TPSA) is 96.0 Å². The number of anilines is 2. The first-order chi connectivity index (χ1) is 15.8. The summed E-state index contributed by atoms with van der Waals surface area (Å²) in [4.78, 5) is 55.7. The number of rotatable bonds is 2. The number of hydrogen-bond acceptors (Lipinski definition) is 6. The Bertz CT molecular complexity index is 1250. The van der Waals surface area contributed by atoms with Crippen LogP contribution in [0.5, 0.6) is 5.75 Å². The maximum Gasteiger partial charge on any atom is 0.308 e. The molecule has 4 aliphatic rings. The van der Waals surface area contributed by atoms with Crippen molar-refractivity contribution in [2.24, 2.45) is 11.8 Å². The zero-order valence-corrected chi connectivity index (χ0v) is 19.3. The minimum atomic E-state index is -1.20. The molecule has 0 unspecified atom stereocenters. The van der Waals surface area contributed by atoms with Gasteiger partial charge in [-0.15, -0.1) is 0 Å². The molecular formula is C24H20BrN3O5. The van der Waals surface area contributed by atoms with Crippen LogP contribution in [0, 0.1) is 11.8 Å². The quantitative estimate of drug-likeness (QED) is 0.380. The Morgan fingerprint density at radius 2 is 1.88 bits per heavy atom. The Morgan fingerprint density at radius 1 is 1.12 bits per heavy atom. The van der Waals surface area contributed by atoms with E-state index in [4.69, 9.17) is 4.74 Å². The van der Waals surface area contributed by atoms with Gasteiger partial charge in [-0.3, -0.25) is 24.1 Å². The van der Waals surface area contributed by atoms with Gasteiger partial charge < -0.3 is 10.1 Å². The van der Waals surface area contributed by atoms with Gasteiger partial charge in [0.05, 0.1) is 17.5 Å². The van der Waals surface area contributed by atoms with Gasteiger partial charge in [-0.05, 0) is 61.9 Å². The lowest BCUT2D eigenvalue weighted by Crippen LogP contribution is -2.54. The van der Waals surface area contributed by atoms with E-state index in [1.165, 1.54) is 11.8 Å². The number of ether oxygens (including phenoxy) is 1. The second kappa shape index (κ2) is 6.98. The van der Waals surface area contributed by atoms with Gasteiger partial charge in [-0.1, -0.05) is 15.9 Å². The predicted octanol–water partition coefficient (Wildman–Crippen LogP) is 2.81. The molecule has 33 heavy (non-hydrogen) atoms. The zero-order chi connectivity index (χ0) is 23.1. The number of nitrogens with one attached hydrogen (secondary N) is 1. The van der Waals surface area contributed by atoms with Crippen LogP contribution in [0.1, 0.15) is 25.3 Å². The Balaban J connectivity index is 1.47. The molecule has 0 radical (unpaired) electrons. The molecule has 3 saturated heterocycles. The number of hydrogen-bond donors (Lipinski definition) is 1. The van der Waals surface area contributed by atoms with Gasteiger partial charge in [0.25, 0.3) is 0 Å². The molecule has 168 valence electrons. The Kier molecular flexibility index (Phi) is 4.35. The first-order valence-electron chi connectivity index (χ1n) is 10.9. The lowest BCUT2D eigenvalue weighted by atomic mass is 9.75. The number of carbonyl (C=O) groups is 4. The molecule has 4 heterocycles. The van der Waals surface area contributed by atoms with Crippen LogP contribution < -0.4 is 15.0 Å². The van der Waals surface area contributed by atoms with Crippen LogP contribution in [0.4, 0.5) is 11.4 Å². The number of esters is 1. The van der Waals surface area contributed by atoms with Crippen LogP contribution in [0.2, 0.25) is 0 Å². The summed E-state index contributed by atoms with van der Waals surface area (Å²) in [7, 11) is 0. The summed E-state index contributed by atoms with van der Waals surface area (Å²) in [5.74, 6) is -2.42. The molecule has 2 aromatic carbocycles. The number of benzene rings is 2. The minimum absolute atomic E-state index is 0.174. The minimum Gasteiger partial charge on any atom is -0.427 e. The van der Waals surface area contributed by atoms with Gasteiger partial charge in [-0.25, -0.2) is 4.90 Å². The molecule has 3 fully saturated rings. The second-order valence-electron chi connectivity index (χ2n) is 8.92. The van der Waals surface area contributed by atoms with Crippen molar-refractivity contribution in [3.05, 3.63) is 52.5 Å². The summed E-state index contributed by atoms with van der Waals surface area (Å²) >= 11 is 3.50. The van der Waals surface area contributed by atoms with Crippen molar-refractivity contribution in [1.29, 1.82) is 0 Å². The SMILES string of the molecule is CC(=O)Oc1ccc(N2C(=O)[C@H]3[C@H]4CCCN4[C@@]4(C(=O)Nc5ccc(Br)cc54)[C@@H]3C2=O)cc1. The lowest BCUT2D eigenvalue weighted by Gasteiger charge is -2.36. The normalized spacial score (nSPS) is 29.9. The van der Waals surface area contributed by atoms with Crippen LogP contribution in [-0.4, -0.2) is 41.2 Å². The van der Waals surface area contributed by atoms with Crippen LogP contribution in [0.3, 0.4) is 0 Å². The summed E-state index contributed by atoms with van der Waals surface area (Å²) in [6, 6.07) is 11.7. The molecule has 4 atom stereocenters. The van der Waals surface area contributed by atoms with Crippen molar-refractivity contribution >= 4 is 51.0 Å². The lowest BCUT2D eigenvalue weighted by molar-refractivity contribution is -0.135. The number of amides is 3. The third kappa shape index (κ3) is 2.60. The van der Waals surface area contributed by atoms with Crippen molar-refractivity contribution in [2.45, 2.75) is 31.3 Å². The molecule has 6 rings (SSSR count). The standard InChI is InChI=1S/C24H20BrN3O5/c1-12(29)33-15-7-5-14(6-8-15)28-21(30)19-18-3-2-10-27(18)24(20(19)22(28)31)16-11-13(25)4-9-17(16)26-23(24)32/h4-9,11,18-20H,2-3,10H2,1H3,(H,26,32)/t18-,19+,20+,24-/m1/s1. The smallest absolute Gasteiger partial charge is 0.308 e. The molecular weight excluding hydrogens is 490 g/mol. The van der Waals surface area contributed by atoms with Gasteiger partial charge >= 0.3 is 5.97 Å². The highest BCUT2D eigenvalue weighted by Crippen LogP contribution is 2.60. The van der Waals surface area contributed by atoms with Crippen molar-refractivity contribution < 1.29 is 23.9 Å². The number of fused-ring (bicyclic) bond motifs is 7. The molecule has 9 heteroatoms. The molecule has 1 spiro atoms. The molecule has 0 bridgehead atoms. The van der Waals surface area contributed by atoms with Crippen molar-refractivity contribution in [3.63, 3.8) is 0 Å². The molecule has 2 aromatic rings. The van der Waals surface area contributed by atoms with E-state index in [9.17, 15) is 19.2 Å². The van der Waals surface area contributed by atoms with Gasteiger partial charge in [0.2, 0.25) is 17.7 Å². The van der Waals surface area contributed by atoms with Crippen molar-refractivity contribution in [3.8, 4) is 5.75 Å². The zero-order valence-electron chi connectivity index (χ0n) is 17.7. The maximum atomic E-state index is 13.9. The number of carbonyl (C=O) groups excluding carboxylic acids is 4. The summed E-state index contributed by atoms with van der Waals surface area (Å²) in [5.41, 5.74) is 0.626. The fraction of sp³-hybridized carbons (Fsp3) is 0.333. The molecule has 8 nitrogen and oxygen atoms in total. The van der Waals surface area contributed by atoms with E-state index in [0.29, 0.717) is 23.7 Å². The van der Waals surface area contributed by atoms with Crippen LogP contribution >= 0.6 is 15.9 Å². The van der Waals surface area contributed by atoms with Crippen LogP contribution in [-0.2, 0) is 24.7 Å². The third-order valence-electron chi connectivity index (χ3n) is 7.31. The molecule has 3 amide bonds. The van der Waals surface area contributed by atoms with E-state index < -0.39 is 23.3 Å². The van der Waals surface area contributed by atoms with E-state index in [0.717, 1.165) is 22.9 Å². The maximum absolute atomic E-state index is 13.9. The molecule has 1 N–H and O–H groups in total. The van der Waals surface area contributed by atoms with Gasteiger partial charge in [0, 0.05) is 28.7 Å². The van der Waals surface area contributed by atoms with E-state index in [-0.39, 0.29) is 23.8 Å². The Labute approximate surface area is 198 Å². The Hall–Kier alpha value is -3.04.